The maximum absolute atomic E-state index is 12.5. The monoisotopic (exact) mass is 464 g/mol. The van der Waals surface area contributed by atoms with Gasteiger partial charge in [0.15, 0.2) is 0 Å². The van der Waals surface area contributed by atoms with E-state index in [4.69, 9.17) is 33.7 Å². The Balaban J connectivity index is 1.93. The number of rotatable bonds is 7. The van der Waals surface area contributed by atoms with Crippen LogP contribution in [0.1, 0.15) is 11.1 Å². The van der Waals surface area contributed by atoms with Gasteiger partial charge in [-0.1, -0.05) is 53.8 Å². The van der Waals surface area contributed by atoms with Crippen molar-refractivity contribution < 1.29 is 24.4 Å². The lowest BCUT2D eigenvalue weighted by atomic mass is 10.1. The van der Waals surface area contributed by atoms with E-state index in [0.717, 1.165) is 22.2 Å². The summed E-state index contributed by atoms with van der Waals surface area (Å²) in [5.41, 5.74) is 0.815. The fourth-order valence-electron chi connectivity index (χ4n) is 2.58. The summed E-state index contributed by atoms with van der Waals surface area (Å²) in [6.45, 7) is -0.453. The summed E-state index contributed by atoms with van der Waals surface area (Å²) in [7, 11) is 0. The number of benzene rings is 2. The Labute approximate surface area is 185 Å². The molecule has 1 amide bonds. The van der Waals surface area contributed by atoms with Crippen molar-refractivity contribution in [2.75, 3.05) is 6.54 Å². The second-order valence-corrected chi connectivity index (χ2v) is 8.10. The number of aliphatic carboxylic acids is 1. The number of carboxylic acid groups (broad SMARTS) is 1. The Hall–Kier alpha value is -2.95. The lowest BCUT2D eigenvalue weighted by Crippen LogP contribution is -2.33. The molecule has 1 aliphatic rings. The summed E-state index contributed by atoms with van der Waals surface area (Å²) in [5.74, 6) is -1.49. The van der Waals surface area contributed by atoms with Crippen LogP contribution in [0.25, 0.3) is 6.08 Å². The van der Waals surface area contributed by atoms with Crippen LogP contribution >= 0.6 is 35.6 Å². The molecule has 0 atom stereocenters. The van der Waals surface area contributed by atoms with Crippen LogP contribution in [0.2, 0.25) is 5.02 Å². The maximum Gasteiger partial charge on any atom is 0.323 e. The Morgan fingerprint density at radius 1 is 1.33 bits per heavy atom. The number of thiocarbonyl (C=S) groups is 1. The van der Waals surface area contributed by atoms with E-state index < -0.39 is 23.3 Å². The average Bonchev–Trinajstić information content (AvgIpc) is 2.95. The van der Waals surface area contributed by atoms with Crippen LogP contribution < -0.4 is 4.74 Å². The van der Waals surface area contributed by atoms with Crippen LogP contribution in [0, 0.1) is 10.1 Å². The topological polar surface area (TPSA) is 110 Å². The van der Waals surface area contributed by atoms with Crippen LogP contribution in [0.3, 0.4) is 0 Å². The smallest absolute Gasteiger partial charge is 0.323 e. The molecule has 2 aromatic carbocycles. The molecule has 0 aliphatic carbocycles. The Morgan fingerprint density at radius 3 is 2.73 bits per heavy atom. The van der Waals surface area contributed by atoms with Gasteiger partial charge in [0.05, 0.1) is 9.83 Å². The number of carbonyl (C=O) groups excluding carboxylic acids is 1. The standard InChI is InChI=1S/C19H13ClN2O6S2/c20-14-4-2-1-3-11(14)10-28-15-6-5-13(22(26)27)7-12(15)8-16-18(25)21(9-17(23)24)19(29)30-16/h1-8H,9-10H2,(H,23,24)/b16-8+. The van der Waals surface area contributed by atoms with Crippen molar-refractivity contribution in [3.63, 3.8) is 0 Å². The van der Waals surface area contributed by atoms with Crippen LogP contribution in [0.4, 0.5) is 5.69 Å². The molecule has 0 aromatic heterocycles. The number of halogens is 1. The summed E-state index contributed by atoms with van der Waals surface area (Å²) >= 11 is 12.1. The third kappa shape index (κ3) is 4.96. The number of nitrogens with zero attached hydrogens (tertiary/aromatic N) is 2. The van der Waals surface area contributed by atoms with Gasteiger partial charge in [0.2, 0.25) is 0 Å². The summed E-state index contributed by atoms with van der Waals surface area (Å²) in [6.07, 6.45) is 1.40. The molecule has 0 bridgehead atoms. The van der Waals surface area contributed by atoms with E-state index >= 15 is 0 Å². The molecule has 1 fully saturated rings. The number of hydrogen-bond donors (Lipinski definition) is 1. The fraction of sp³-hybridized carbons (Fsp3) is 0.105. The maximum atomic E-state index is 12.5. The molecule has 11 heteroatoms. The van der Waals surface area contributed by atoms with E-state index in [1.807, 2.05) is 0 Å². The first-order chi connectivity index (χ1) is 14.3. The average molecular weight is 465 g/mol. The zero-order valence-electron chi connectivity index (χ0n) is 15.1. The molecular formula is C19H13ClN2O6S2. The SMILES string of the molecule is O=C(O)CN1C(=O)/C(=C\c2cc([N+](=O)[O-])ccc2OCc2ccccc2Cl)SC1=S. The number of carbonyl (C=O) groups is 2. The minimum absolute atomic E-state index is 0.0950. The van der Waals surface area contributed by atoms with Gasteiger partial charge in [-0.3, -0.25) is 24.6 Å². The molecule has 0 radical (unpaired) electrons. The molecule has 1 heterocycles. The van der Waals surface area contributed by atoms with E-state index in [-0.39, 0.29) is 27.1 Å². The highest BCUT2D eigenvalue weighted by molar-refractivity contribution is 8.26. The van der Waals surface area contributed by atoms with Gasteiger partial charge in [-0.15, -0.1) is 0 Å². The normalized spacial score (nSPS) is 15.0. The highest BCUT2D eigenvalue weighted by Crippen LogP contribution is 2.35. The Bertz CT molecular complexity index is 1090. The molecule has 3 rings (SSSR count). The van der Waals surface area contributed by atoms with Crippen molar-refractivity contribution in [1.82, 2.24) is 4.90 Å². The molecule has 0 saturated carbocycles. The highest BCUT2D eigenvalue weighted by atomic mass is 35.5. The zero-order chi connectivity index (χ0) is 21.8. The molecule has 154 valence electrons. The van der Waals surface area contributed by atoms with Crippen molar-refractivity contribution in [1.29, 1.82) is 0 Å². The Morgan fingerprint density at radius 2 is 2.07 bits per heavy atom. The van der Waals surface area contributed by atoms with Gasteiger partial charge >= 0.3 is 5.97 Å². The summed E-state index contributed by atoms with van der Waals surface area (Å²) in [5, 5.41) is 20.6. The minimum Gasteiger partial charge on any atom is -0.488 e. The van der Waals surface area contributed by atoms with Crippen LogP contribution in [-0.2, 0) is 16.2 Å². The third-order valence-electron chi connectivity index (χ3n) is 4.00. The van der Waals surface area contributed by atoms with Crippen LogP contribution in [-0.4, -0.2) is 37.7 Å². The quantitative estimate of drug-likeness (QED) is 0.282. The minimum atomic E-state index is -1.20. The number of amides is 1. The van der Waals surface area contributed by atoms with Crippen molar-refractivity contribution in [3.05, 3.63) is 73.6 Å². The highest BCUT2D eigenvalue weighted by Gasteiger charge is 2.33. The largest absolute Gasteiger partial charge is 0.488 e. The van der Waals surface area contributed by atoms with Gasteiger partial charge < -0.3 is 9.84 Å². The molecule has 2 aromatic rings. The molecule has 30 heavy (non-hydrogen) atoms. The predicted octanol–water partition coefficient (Wildman–Crippen LogP) is 4.11. The van der Waals surface area contributed by atoms with Crippen LogP contribution in [0.15, 0.2) is 47.4 Å². The van der Waals surface area contributed by atoms with Gasteiger partial charge in [0.1, 0.15) is 23.2 Å². The van der Waals surface area contributed by atoms with Crippen LogP contribution in [0.5, 0.6) is 5.75 Å². The first-order valence-electron chi connectivity index (χ1n) is 8.38. The summed E-state index contributed by atoms with van der Waals surface area (Å²) in [4.78, 5) is 35.2. The fourth-order valence-corrected chi connectivity index (χ4v) is 4.01. The number of non-ortho nitro benzene ring substituents is 1. The van der Waals surface area contributed by atoms with Crippen molar-refractivity contribution in [3.8, 4) is 5.75 Å². The van der Waals surface area contributed by atoms with E-state index in [9.17, 15) is 19.7 Å². The zero-order valence-corrected chi connectivity index (χ0v) is 17.5. The molecule has 1 saturated heterocycles. The molecule has 0 unspecified atom stereocenters. The first-order valence-corrected chi connectivity index (χ1v) is 9.98. The number of nitro benzene ring substituents is 1. The molecule has 1 aliphatic heterocycles. The van der Waals surface area contributed by atoms with Gasteiger partial charge in [-0.05, 0) is 18.2 Å². The van der Waals surface area contributed by atoms with Gasteiger partial charge in [0.25, 0.3) is 11.6 Å². The lowest BCUT2D eigenvalue weighted by Gasteiger charge is -2.11. The summed E-state index contributed by atoms with van der Waals surface area (Å²) < 4.78 is 5.88. The van der Waals surface area contributed by atoms with Gasteiger partial charge in [-0.2, -0.15) is 0 Å². The van der Waals surface area contributed by atoms with Crippen molar-refractivity contribution >= 4 is 63.5 Å². The third-order valence-corrected chi connectivity index (χ3v) is 5.75. The van der Waals surface area contributed by atoms with E-state index in [2.05, 4.69) is 0 Å². The second-order valence-electron chi connectivity index (χ2n) is 6.02. The molecular weight excluding hydrogens is 452 g/mol. The first kappa shape index (κ1) is 21.8. The van der Waals surface area contributed by atoms with Gasteiger partial charge in [0, 0.05) is 28.3 Å². The summed E-state index contributed by atoms with van der Waals surface area (Å²) in [6, 6.07) is 11.1. The second kappa shape index (κ2) is 9.24. The van der Waals surface area contributed by atoms with Crippen molar-refractivity contribution in [2.24, 2.45) is 0 Å². The van der Waals surface area contributed by atoms with E-state index in [0.29, 0.717) is 10.8 Å². The van der Waals surface area contributed by atoms with Gasteiger partial charge in [-0.25, -0.2) is 0 Å². The molecule has 8 nitrogen and oxygen atoms in total. The lowest BCUT2D eigenvalue weighted by molar-refractivity contribution is -0.384. The molecule has 1 N–H and O–H groups in total. The Kier molecular flexibility index (Phi) is 6.70. The van der Waals surface area contributed by atoms with E-state index in [1.54, 1.807) is 24.3 Å². The van der Waals surface area contributed by atoms with E-state index in [1.165, 1.54) is 24.3 Å². The van der Waals surface area contributed by atoms with Crippen molar-refractivity contribution in [2.45, 2.75) is 6.61 Å². The number of hydrogen-bond acceptors (Lipinski definition) is 7. The molecule has 0 spiro atoms. The predicted molar refractivity (Wildman–Crippen MR) is 116 cm³/mol. The number of thioether (sulfide) groups is 1. The number of carboxylic acids is 1. The number of nitro groups is 1. The number of ether oxygens (including phenoxy) is 1.